The molecule has 2 rings (SSSR count). The minimum Gasteiger partial charge on any atom is -0.399 e. The number of carbonyl (C=O) groups is 1. The van der Waals surface area contributed by atoms with E-state index in [2.05, 4.69) is 4.98 Å². The van der Waals surface area contributed by atoms with Crippen LogP contribution in [0.2, 0.25) is 0 Å². The largest absolute Gasteiger partial charge is 0.399 e. The molecule has 5 nitrogen and oxygen atoms in total. The first kappa shape index (κ1) is 14.9. The average Bonchev–Trinajstić information content (AvgIpc) is 2.83. The summed E-state index contributed by atoms with van der Waals surface area (Å²) in [7, 11) is -1.40. The lowest BCUT2D eigenvalue weighted by Gasteiger charge is -2.17. The quantitative estimate of drug-likeness (QED) is 0.855. The molecule has 0 bridgehead atoms. The number of nitrogen functional groups attached to an aromatic ring is 1. The van der Waals surface area contributed by atoms with Crippen LogP contribution in [0.3, 0.4) is 0 Å². The van der Waals surface area contributed by atoms with Crippen molar-refractivity contribution in [2.45, 2.75) is 18.2 Å². The predicted molar refractivity (Wildman–Crippen MR) is 83.2 cm³/mol. The van der Waals surface area contributed by atoms with E-state index in [1.54, 1.807) is 23.1 Å². The number of anilines is 1. The molecule has 2 N–H and O–H groups in total. The Labute approximate surface area is 124 Å². The van der Waals surface area contributed by atoms with Gasteiger partial charge in [0, 0.05) is 18.8 Å². The summed E-state index contributed by atoms with van der Waals surface area (Å²) in [6, 6.07) is 5.36. The smallest absolute Gasteiger partial charge is 0.235 e. The molecule has 1 atom stereocenters. The topological polar surface area (TPSA) is 76.3 Å². The summed E-state index contributed by atoms with van der Waals surface area (Å²) in [5.74, 6) is -0.121. The summed E-state index contributed by atoms with van der Waals surface area (Å²) in [5.41, 5.74) is 7.13. The van der Waals surface area contributed by atoms with Crippen LogP contribution in [-0.4, -0.2) is 38.8 Å². The van der Waals surface area contributed by atoms with Gasteiger partial charge in [-0.25, -0.2) is 4.98 Å². The fourth-order valence-electron chi connectivity index (χ4n) is 1.86. The summed E-state index contributed by atoms with van der Waals surface area (Å²) >= 11 is 1.33. The number of thiazole rings is 1. The molecule has 0 aliphatic carbocycles. The van der Waals surface area contributed by atoms with Crippen LogP contribution in [0.5, 0.6) is 0 Å². The van der Waals surface area contributed by atoms with Crippen molar-refractivity contribution in [3.63, 3.8) is 0 Å². The first-order chi connectivity index (χ1) is 9.55. The van der Waals surface area contributed by atoms with Crippen molar-refractivity contribution in [3.05, 3.63) is 18.2 Å². The van der Waals surface area contributed by atoms with Crippen LogP contribution in [0, 0.1) is 0 Å². The monoisotopic (exact) mass is 311 g/mol. The number of aromatic nitrogens is 1. The highest BCUT2D eigenvalue weighted by Gasteiger charge is 2.18. The molecule has 20 heavy (non-hydrogen) atoms. The van der Waals surface area contributed by atoms with Gasteiger partial charge in [-0.05, 0) is 32.0 Å². The molecule has 1 aromatic heterocycles. The zero-order valence-electron chi connectivity index (χ0n) is 11.5. The summed E-state index contributed by atoms with van der Waals surface area (Å²) in [6.07, 6.45) is 0. The lowest BCUT2D eigenvalue weighted by molar-refractivity contribution is -0.128. The maximum absolute atomic E-state index is 12.2. The van der Waals surface area contributed by atoms with Crippen LogP contribution in [0.15, 0.2) is 22.5 Å². The second kappa shape index (κ2) is 6.32. The molecule has 1 unspecified atom stereocenters. The number of carbonyl (C=O) groups excluding carboxylic acids is 1. The lowest BCUT2D eigenvalue weighted by Crippen LogP contribution is -2.34. The van der Waals surface area contributed by atoms with Crippen molar-refractivity contribution in [2.75, 3.05) is 24.6 Å². The number of hydrogen-bond acceptors (Lipinski definition) is 5. The summed E-state index contributed by atoms with van der Waals surface area (Å²) in [4.78, 5) is 17.9. The van der Waals surface area contributed by atoms with Gasteiger partial charge in [0.1, 0.15) is 5.75 Å². The van der Waals surface area contributed by atoms with Crippen molar-refractivity contribution in [1.29, 1.82) is 0 Å². The van der Waals surface area contributed by atoms with Crippen LogP contribution in [0.1, 0.15) is 13.8 Å². The molecule has 0 saturated heterocycles. The first-order valence-corrected chi connectivity index (χ1v) is 8.51. The van der Waals surface area contributed by atoms with Gasteiger partial charge in [-0.3, -0.25) is 9.00 Å². The Hall–Kier alpha value is -1.47. The number of nitrogens with zero attached hydrogens (tertiary/aromatic N) is 2. The van der Waals surface area contributed by atoms with Crippen molar-refractivity contribution in [2.24, 2.45) is 0 Å². The third-order valence-electron chi connectivity index (χ3n) is 2.96. The second-order valence-electron chi connectivity index (χ2n) is 4.26. The number of hydrogen-bond donors (Lipinski definition) is 1. The van der Waals surface area contributed by atoms with Gasteiger partial charge < -0.3 is 10.6 Å². The number of fused-ring (bicyclic) bond motifs is 1. The molecule has 0 aliphatic rings. The maximum atomic E-state index is 12.2. The molecule has 2 aromatic rings. The Morgan fingerprint density at radius 1 is 1.40 bits per heavy atom. The first-order valence-electron chi connectivity index (χ1n) is 6.37. The molecule has 0 radical (unpaired) electrons. The van der Waals surface area contributed by atoms with E-state index in [1.807, 2.05) is 13.8 Å². The van der Waals surface area contributed by atoms with Gasteiger partial charge in [0.25, 0.3) is 0 Å². The molecule has 108 valence electrons. The van der Waals surface area contributed by atoms with E-state index in [1.165, 1.54) is 11.3 Å². The average molecular weight is 311 g/mol. The Morgan fingerprint density at radius 2 is 2.10 bits per heavy atom. The predicted octanol–water partition coefficient (Wildman–Crippen LogP) is 1.85. The molecule has 0 spiro atoms. The Kier molecular flexibility index (Phi) is 4.72. The number of amides is 1. The Balaban J connectivity index is 2.17. The summed E-state index contributed by atoms with van der Waals surface area (Å²) in [5, 5.41) is 0. The van der Waals surface area contributed by atoms with Gasteiger partial charge in [0.05, 0.1) is 21.0 Å². The molecule has 1 aromatic carbocycles. The standard InChI is InChI=1S/C13H17N3O2S2/c1-3-16(4-2)12(17)8-20(18)13-15-10-6-5-9(14)7-11(10)19-13/h5-7H,3-4,8,14H2,1-2H3. The fourth-order valence-corrected chi connectivity index (χ4v) is 4.15. The van der Waals surface area contributed by atoms with Gasteiger partial charge in [-0.1, -0.05) is 0 Å². The third-order valence-corrected chi connectivity index (χ3v) is 5.57. The highest BCUT2D eigenvalue weighted by molar-refractivity contribution is 7.88. The van der Waals surface area contributed by atoms with Gasteiger partial charge in [-0.2, -0.15) is 0 Å². The molecule has 0 aliphatic heterocycles. The van der Waals surface area contributed by atoms with Gasteiger partial charge in [0.15, 0.2) is 4.34 Å². The highest BCUT2D eigenvalue weighted by Crippen LogP contribution is 2.26. The lowest BCUT2D eigenvalue weighted by atomic mass is 10.3. The summed E-state index contributed by atoms with van der Waals surface area (Å²) in [6.45, 7) is 5.07. The molecular formula is C13H17N3O2S2. The fraction of sp³-hybridized carbons (Fsp3) is 0.385. The number of rotatable bonds is 5. The summed E-state index contributed by atoms with van der Waals surface area (Å²) < 4.78 is 13.6. The normalized spacial score (nSPS) is 12.5. The van der Waals surface area contributed by atoms with Crippen LogP contribution in [0.25, 0.3) is 10.2 Å². The highest BCUT2D eigenvalue weighted by atomic mass is 32.2. The van der Waals surface area contributed by atoms with Crippen LogP contribution < -0.4 is 5.73 Å². The van der Waals surface area contributed by atoms with E-state index in [-0.39, 0.29) is 11.7 Å². The van der Waals surface area contributed by atoms with Gasteiger partial charge >= 0.3 is 0 Å². The number of nitrogens with two attached hydrogens (primary N) is 1. The van der Waals surface area contributed by atoms with Crippen LogP contribution in [0.4, 0.5) is 5.69 Å². The van der Waals surface area contributed by atoms with E-state index >= 15 is 0 Å². The van der Waals surface area contributed by atoms with Crippen molar-refractivity contribution < 1.29 is 9.00 Å². The molecular weight excluding hydrogens is 294 g/mol. The zero-order chi connectivity index (χ0) is 14.7. The Morgan fingerprint density at radius 3 is 2.75 bits per heavy atom. The van der Waals surface area contributed by atoms with E-state index in [0.29, 0.717) is 23.1 Å². The van der Waals surface area contributed by atoms with Gasteiger partial charge in [-0.15, -0.1) is 11.3 Å². The van der Waals surface area contributed by atoms with Crippen molar-refractivity contribution in [1.82, 2.24) is 9.88 Å². The Bertz CT molecular complexity index is 650. The molecule has 0 fully saturated rings. The van der Waals surface area contributed by atoms with E-state index in [4.69, 9.17) is 5.73 Å². The van der Waals surface area contributed by atoms with E-state index in [0.717, 1.165) is 10.2 Å². The third kappa shape index (κ3) is 3.16. The van der Waals surface area contributed by atoms with Crippen molar-refractivity contribution >= 4 is 43.9 Å². The number of benzene rings is 1. The maximum Gasteiger partial charge on any atom is 0.235 e. The van der Waals surface area contributed by atoms with E-state index < -0.39 is 10.8 Å². The SMILES string of the molecule is CCN(CC)C(=O)CS(=O)c1nc2ccc(N)cc2s1. The zero-order valence-corrected chi connectivity index (χ0v) is 13.1. The molecule has 0 saturated carbocycles. The van der Waals surface area contributed by atoms with E-state index in [9.17, 15) is 9.00 Å². The minimum absolute atomic E-state index is 0.0169. The second-order valence-corrected chi connectivity index (χ2v) is 6.92. The van der Waals surface area contributed by atoms with Crippen LogP contribution in [-0.2, 0) is 15.6 Å². The van der Waals surface area contributed by atoms with Crippen LogP contribution >= 0.6 is 11.3 Å². The van der Waals surface area contributed by atoms with Gasteiger partial charge in [0.2, 0.25) is 5.91 Å². The minimum atomic E-state index is -1.40. The molecule has 1 amide bonds. The molecule has 1 heterocycles. The molecule has 7 heteroatoms. The van der Waals surface area contributed by atoms with Crippen molar-refractivity contribution in [3.8, 4) is 0 Å².